The topological polar surface area (TPSA) is 64.4 Å². The minimum absolute atomic E-state index is 0.264. The molecular formula is C19H16N2O3. The Morgan fingerprint density at radius 3 is 2.83 bits per heavy atom. The highest BCUT2D eigenvalue weighted by Crippen LogP contribution is 2.39. The van der Waals surface area contributed by atoms with Gasteiger partial charge in [0.05, 0.1) is 11.1 Å². The van der Waals surface area contributed by atoms with Crippen LogP contribution in [0.15, 0.2) is 47.0 Å². The Kier molecular flexibility index (Phi) is 3.34. The van der Waals surface area contributed by atoms with Crippen molar-refractivity contribution >= 4 is 11.6 Å². The van der Waals surface area contributed by atoms with E-state index in [-0.39, 0.29) is 18.2 Å². The van der Waals surface area contributed by atoms with Gasteiger partial charge in [0.25, 0.3) is 5.91 Å². The number of rotatable bonds is 2. The van der Waals surface area contributed by atoms with Crippen LogP contribution >= 0.6 is 0 Å². The third kappa shape index (κ3) is 2.34. The summed E-state index contributed by atoms with van der Waals surface area (Å²) in [5, 5.41) is 6.87. The average Bonchev–Trinajstić information content (AvgIpc) is 3.01. The zero-order valence-electron chi connectivity index (χ0n) is 13.4. The molecule has 2 aromatic carbocycles. The standard InChI is InChI=1S/C19H16N2O3/c1-11-7-8-16-13(9-11)18-14(10-23-16)17(21-24-18)19(22)20-15-6-4-3-5-12(15)2/h3-9H,10H2,1-2H3,(H,20,22). The van der Waals surface area contributed by atoms with Gasteiger partial charge in [0.2, 0.25) is 0 Å². The summed E-state index contributed by atoms with van der Waals surface area (Å²) in [6.45, 7) is 4.21. The van der Waals surface area contributed by atoms with Crippen LogP contribution in [0, 0.1) is 13.8 Å². The number of ether oxygens (including phenoxy) is 1. The predicted molar refractivity (Wildman–Crippen MR) is 90.1 cm³/mol. The van der Waals surface area contributed by atoms with Gasteiger partial charge in [0.15, 0.2) is 11.5 Å². The van der Waals surface area contributed by atoms with Crippen LogP contribution in [0.5, 0.6) is 5.75 Å². The van der Waals surface area contributed by atoms with Crippen LogP contribution in [0.2, 0.25) is 0 Å². The van der Waals surface area contributed by atoms with E-state index in [9.17, 15) is 4.79 Å². The van der Waals surface area contributed by atoms with Crippen LogP contribution in [0.4, 0.5) is 5.69 Å². The third-order valence-corrected chi connectivity index (χ3v) is 4.15. The fourth-order valence-corrected chi connectivity index (χ4v) is 2.82. The van der Waals surface area contributed by atoms with Gasteiger partial charge in [0.1, 0.15) is 12.4 Å². The molecule has 5 heteroatoms. The van der Waals surface area contributed by atoms with E-state index in [1.54, 1.807) is 0 Å². The Hall–Kier alpha value is -3.08. The number of fused-ring (bicyclic) bond motifs is 3. The minimum Gasteiger partial charge on any atom is -0.488 e. The molecule has 0 aliphatic carbocycles. The highest BCUT2D eigenvalue weighted by atomic mass is 16.5. The summed E-state index contributed by atoms with van der Waals surface area (Å²) in [6.07, 6.45) is 0. The number of hydrogen-bond acceptors (Lipinski definition) is 4. The van der Waals surface area contributed by atoms with Crippen molar-refractivity contribution in [2.45, 2.75) is 20.5 Å². The SMILES string of the molecule is Cc1ccc2c(c1)-c1onc(C(=O)Nc3ccccc3C)c1CO2. The van der Waals surface area contributed by atoms with Crippen LogP contribution < -0.4 is 10.1 Å². The Morgan fingerprint density at radius 1 is 1.17 bits per heavy atom. The van der Waals surface area contributed by atoms with E-state index in [0.29, 0.717) is 11.3 Å². The molecule has 1 aliphatic heterocycles. The molecule has 0 bridgehead atoms. The smallest absolute Gasteiger partial charge is 0.278 e. The number of amides is 1. The maximum absolute atomic E-state index is 12.6. The van der Waals surface area contributed by atoms with Crippen LogP contribution in [-0.2, 0) is 6.61 Å². The predicted octanol–water partition coefficient (Wildman–Crippen LogP) is 4.10. The fourth-order valence-electron chi connectivity index (χ4n) is 2.82. The quantitative estimate of drug-likeness (QED) is 0.772. The van der Waals surface area contributed by atoms with Gasteiger partial charge in [-0.3, -0.25) is 4.79 Å². The summed E-state index contributed by atoms with van der Waals surface area (Å²) in [4.78, 5) is 12.6. The van der Waals surface area contributed by atoms with E-state index in [1.807, 2.05) is 56.3 Å². The van der Waals surface area contributed by atoms with Gasteiger partial charge in [-0.05, 0) is 37.6 Å². The number of carbonyl (C=O) groups excluding carboxylic acids is 1. The first-order valence-corrected chi connectivity index (χ1v) is 7.73. The van der Waals surface area contributed by atoms with Crippen LogP contribution in [0.3, 0.4) is 0 Å². The zero-order chi connectivity index (χ0) is 16.7. The highest BCUT2D eigenvalue weighted by molar-refractivity contribution is 6.05. The normalized spacial score (nSPS) is 12.1. The molecule has 3 aromatic rings. The molecule has 1 N–H and O–H groups in total. The lowest BCUT2D eigenvalue weighted by molar-refractivity contribution is 0.101. The van der Waals surface area contributed by atoms with Gasteiger partial charge in [-0.2, -0.15) is 0 Å². The van der Waals surface area contributed by atoms with Crippen LogP contribution in [0.1, 0.15) is 27.2 Å². The molecule has 120 valence electrons. The molecule has 0 unspecified atom stereocenters. The maximum Gasteiger partial charge on any atom is 0.278 e. The van der Waals surface area contributed by atoms with E-state index >= 15 is 0 Å². The van der Waals surface area contributed by atoms with Gasteiger partial charge in [-0.1, -0.05) is 35.0 Å². The summed E-state index contributed by atoms with van der Waals surface area (Å²) < 4.78 is 11.2. The van der Waals surface area contributed by atoms with Crippen molar-refractivity contribution in [1.82, 2.24) is 5.16 Å². The van der Waals surface area contributed by atoms with Crippen LogP contribution in [0.25, 0.3) is 11.3 Å². The number of anilines is 1. The van der Waals surface area contributed by atoms with Crippen molar-refractivity contribution in [2.24, 2.45) is 0 Å². The first kappa shape index (κ1) is 14.5. The van der Waals surface area contributed by atoms with Crippen molar-refractivity contribution in [1.29, 1.82) is 0 Å². The van der Waals surface area contributed by atoms with E-state index in [2.05, 4.69) is 10.5 Å². The van der Waals surface area contributed by atoms with Gasteiger partial charge >= 0.3 is 0 Å². The molecule has 0 atom stereocenters. The second-order valence-corrected chi connectivity index (χ2v) is 5.90. The Morgan fingerprint density at radius 2 is 2.00 bits per heavy atom. The molecule has 24 heavy (non-hydrogen) atoms. The lowest BCUT2D eigenvalue weighted by atomic mass is 10.0. The number of benzene rings is 2. The molecule has 0 radical (unpaired) electrons. The van der Waals surface area contributed by atoms with E-state index in [1.165, 1.54) is 0 Å². The van der Waals surface area contributed by atoms with E-state index in [4.69, 9.17) is 9.26 Å². The number of nitrogens with one attached hydrogen (secondary N) is 1. The summed E-state index contributed by atoms with van der Waals surface area (Å²) in [6, 6.07) is 13.5. The van der Waals surface area contributed by atoms with Crippen molar-refractivity contribution < 1.29 is 14.1 Å². The van der Waals surface area contributed by atoms with Crippen molar-refractivity contribution in [3.63, 3.8) is 0 Å². The number of nitrogens with zero attached hydrogens (tertiary/aromatic N) is 1. The molecule has 0 saturated carbocycles. The molecule has 1 aliphatic rings. The largest absolute Gasteiger partial charge is 0.488 e. The van der Waals surface area contributed by atoms with Gasteiger partial charge in [-0.15, -0.1) is 0 Å². The number of aromatic nitrogens is 1. The Bertz CT molecular complexity index is 944. The second-order valence-electron chi connectivity index (χ2n) is 5.90. The number of hydrogen-bond donors (Lipinski definition) is 1. The summed E-state index contributed by atoms with van der Waals surface area (Å²) in [7, 11) is 0. The minimum atomic E-state index is -0.297. The molecule has 0 fully saturated rings. The summed E-state index contributed by atoms with van der Waals surface area (Å²) in [5.41, 5.74) is 4.61. The Balaban J connectivity index is 1.70. The lowest BCUT2D eigenvalue weighted by Crippen LogP contribution is -2.17. The van der Waals surface area contributed by atoms with Crippen molar-refractivity contribution in [2.75, 3.05) is 5.32 Å². The van der Waals surface area contributed by atoms with Gasteiger partial charge < -0.3 is 14.6 Å². The van der Waals surface area contributed by atoms with Gasteiger partial charge in [0, 0.05) is 5.69 Å². The summed E-state index contributed by atoms with van der Waals surface area (Å²) >= 11 is 0. The second kappa shape index (κ2) is 5.53. The van der Waals surface area contributed by atoms with Crippen molar-refractivity contribution in [3.05, 3.63) is 64.8 Å². The Labute approximate surface area is 139 Å². The fraction of sp³-hybridized carbons (Fsp3) is 0.158. The van der Waals surface area contributed by atoms with Crippen molar-refractivity contribution in [3.8, 4) is 17.1 Å². The third-order valence-electron chi connectivity index (χ3n) is 4.15. The van der Waals surface area contributed by atoms with E-state index in [0.717, 1.165) is 28.1 Å². The lowest BCUT2D eigenvalue weighted by Gasteiger charge is -2.16. The van der Waals surface area contributed by atoms with E-state index < -0.39 is 0 Å². The number of carbonyl (C=O) groups is 1. The first-order chi connectivity index (χ1) is 11.6. The first-order valence-electron chi connectivity index (χ1n) is 7.73. The molecule has 2 heterocycles. The molecule has 5 nitrogen and oxygen atoms in total. The van der Waals surface area contributed by atoms with Gasteiger partial charge in [-0.25, -0.2) is 0 Å². The summed E-state index contributed by atoms with van der Waals surface area (Å²) in [5.74, 6) is 1.05. The number of para-hydroxylation sites is 1. The average molecular weight is 320 g/mol. The molecule has 4 rings (SSSR count). The highest BCUT2D eigenvalue weighted by Gasteiger charge is 2.29. The molecule has 1 amide bonds. The maximum atomic E-state index is 12.6. The van der Waals surface area contributed by atoms with Crippen LogP contribution in [-0.4, -0.2) is 11.1 Å². The monoisotopic (exact) mass is 320 g/mol. The zero-order valence-corrected chi connectivity index (χ0v) is 13.4. The number of aryl methyl sites for hydroxylation is 2. The molecule has 1 aromatic heterocycles. The molecule has 0 spiro atoms. The molecule has 0 saturated heterocycles. The molecular weight excluding hydrogens is 304 g/mol.